The van der Waals surface area contributed by atoms with Gasteiger partial charge in [0.2, 0.25) is 5.91 Å². The van der Waals surface area contributed by atoms with Crippen molar-refractivity contribution in [3.8, 4) is 0 Å². The molecule has 1 aliphatic rings. The predicted octanol–water partition coefficient (Wildman–Crippen LogP) is 2.20. The SMILES string of the molecule is CN1CCC(CN(C)C(=O)CCCCCl)CC1. The molecule has 0 spiro atoms. The molecular formula is C13H25ClN2O. The van der Waals surface area contributed by atoms with Crippen molar-refractivity contribution >= 4 is 17.5 Å². The lowest BCUT2D eigenvalue weighted by molar-refractivity contribution is -0.130. The van der Waals surface area contributed by atoms with Gasteiger partial charge in [0.05, 0.1) is 0 Å². The molecule has 3 nitrogen and oxygen atoms in total. The lowest BCUT2D eigenvalue weighted by atomic mass is 9.96. The number of hydrogen-bond donors (Lipinski definition) is 0. The lowest BCUT2D eigenvalue weighted by Gasteiger charge is -2.31. The Kier molecular flexibility index (Phi) is 6.90. The minimum atomic E-state index is 0.272. The first-order chi connectivity index (χ1) is 8.13. The normalized spacial score (nSPS) is 18.3. The van der Waals surface area contributed by atoms with Gasteiger partial charge in [0.1, 0.15) is 0 Å². The summed E-state index contributed by atoms with van der Waals surface area (Å²) in [6.45, 7) is 3.26. The second-order valence-electron chi connectivity index (χ2n) is 5.17. The molecule has 0 aromatic heterocycles. The number of carbonyl (C=O) groups is 1. The maximum absolute atomic E-state index is 11.8. The highest BCUT2D eigenvalue weighted by atomic mass is 35.5. The van der Waals surface area contributed by atoms with Crippen LogP contribution >= 0.6 is 11.6 Å². The molecule has 1 amide bonds. The van der Waals surface area contributed by atoms with E-state index in [0.29, 0.717) is 18.2 Å². The van der Waals surface area contributed by atoms with Crippen molar-refractivity contribution in [2.75, 3.05) is 39.6 Å². The highest BCUT2D eigenvalue weighted by Gasteiger charge is 2.19. The van der Waals surface area contributed by atoms with Crippen molar-refractivity contribution in [1.82, 2.24) is 9.80 Å². The Hall–Kier alpha value is -0.280. The molecular weight excluding hydrogens is 236 g/mol. The van der Waals surface area contributed by atoms with E-state index < -0.39 is 0 Å². The summed E-state index contributed by atoms with van der Waals surface area (Å²) in [6.07, 6.45) is 4.94. The molecule has 1 fully saturated rings. The molecule has 4 heteroatoms. The van der Waals surface area contributed by atoms with Gasteiger partial charge in [-0.05, 0) is 51.7 Å². The molecule has 0 atom stereocenters. The van der Waals surface area contributed by atoms with Crippen molar-refractivity contribution in [3.05, 3.63) is 0 Å². The van der Waals surface area contributed by atoms with Crippen LogP contribution in [-0.2, 0) is 4.79 Å². The zero-order valence-corrected chi connectivity index (χ0v) is 11.9. The topological polar surface area (TPSA) is 23.6 Å². The van der Waals surface area contributed by atoms with Gasteiger partial charge in [0.25, 0.3) is 0 Å². The summed E-state index contributed by atoms with van der Waals surface area (Å²) in [7, 11) is 4.10. The molecule has 0 aromatic rings. The maximum Gasteiger partial charge on any atom is 0.222 e. The van der Waals surface area contributed by atoms with E-state index >= 15 is 0 Å². The Labute approximate surface area is 110 Å². The number of alkyl halides is 1. The Morgan fingerprint density at radius 1 is 1.35 bits per heavy atom. The van der Waals surface area contributed by atoms with Crippen molar-refractivity contribution in [3.63, 3.8) is 0 Å². The molecule has 0 unspecified atom stereocenters. The summed E-state index contributed by atoms with van der Waals surface area (Å²) >= 11 is 5.60. The van der Waals surface area contributed by atoms with Crippen LogP contribution in [0, 0.1) is 5.92 Å². The quantitative estimate of drug-likeness (QED) is 0.540. The van der Waals surface area contributed by atoms with Crippen LogP contribution in [0.15, 0.2) is 0 Å². The van der Waals surface area contributed by atoms with E-state index in [1.165, 1.54) is 25.9 Å². The molecule has 0 bridgehead atoms. The Bertz CT molecular complexity index is 227. The Balaban J connectivity index is 2.19. The fraction of sp³-hybridized carbons (Fsp3) is 0.923. The Morgan fingerprint density at radius 2 is 2.00 bits per heavy atom. The zero-order valence-electron chi connectivity index (χ0n) is 11.1. The first-order valence-electron chi connectivity index (χ1n) is 6.62. The van der Waals surface area contributed by atoms with Crippen LogP contribution in [0.3, 0.4) is 0 Å². The molecule has 0 radical (unpaired) electrons. The highest BCUT2D eigenvalue weighted by Crippen LogP contribution is 2.17. The van der Waals surface area contributed by atoms with E-state index in [0.717, 1.165) is 19.4 Å². The van der Waals surface area contributed by atoms with Crippen LogP contribution < -0.4 is 0 Å². The molecule has 1 aliphatic heterocycles. The first-order valence-corrected chi connectivity index (χ1v) is 7.15. The van der Waals surface area contributed by atoms with Crippen LogP contribution in [0.4, 0.5) is 0 Å². The molecule has 1 saturated heterocycles. The molecule has 17 heavy (non-hydrogen) atoms. The van der Waals surface area contributed by atoms with Gasteiger partial charge in [-0.3, -0.25) is 4.79 Å². The maximum atomic E-state index is 11.8. The van der Waals surface area contributed by atoms with Gasteiger partial charge in [-0.2, -0.15) is 0 Å². The number of unbranched alkanes of at least 4 members (excludes halogenated alkanes) is 1. The molecule has 0 aliphatic carbocycles. The van der Waals surface area contributed by atoms with Crippen molar-refractivity contribution in [2.24, 2.45) is 5.92 Å². The predicted molar refractivity (Wildman–Crippen MR) is 72.4 cm³/mol. The van der Waals surface area contributed by atoms with Gasteiger partial charge in [-0.1, -0.05) is 0 Å². The summed E-state index contributed by atoms with van der Waals surface area (Å²) in [5.41, 5.74) is 0. The van der Waals surface area contributed by atoms with Gasteiger partial charge >= 0.3 is 0 Å². The molecule has 1 rings (SSSR count). The van der Waals surface area contributed by atoms with E-state index in [-0.39, 0.29) is 5.91 Å². The number of carbonyl (C=O) groups excluding carboxylic acids is 1. The average Bonchev–Trinajstić information content (AvgIpc) is 2.32. The minimum Gasteiger partial charge on any atom is -0.345 e. The van der Waals surface area contributed by atoms with E-state index in [2.05, 4.69) is 11.9 Å². The monoisotopic (exact) mass is 260 g/mol. The largest absolute Gasteiger partial charge is 0.345 e. The number of piperidine rings is 1. The fourth-order valence-electron chi connectivity index (χ4n) is 2.30. The van der Waals surface area contributed by atoms with E-state index in [9.17, 15) is 4.79 Å². The molecule has 1 heterocycles. The second kappa shape index (κ2) is 7.93. The third-order valence-corrected chi connectivity index (χ3v) is 3.84. The lowest BCUT2D eigenvalue weighted by Crippen LogP contribution is -2.37. The fourth-order valence-corrected chi connectivity index (χ4v) is 2.48. The minimum absolute atomic E-state index is 0.272. The first kappa shape index (κ1) is 14.8. The number of likely N-dealkylation sites (tertiary alicyclic amines) is 1. The van der Waals surface area contributed by atoms with Crippen molar-refractivity contribution in [2.45, 2.75) is 32.1 Å². The van der Waals surface area contributed by atoms with Gasteiger partial charge < -0.3 is 9.80 Å². The molecule has 0 N–H and O–H groups in total. The van der Waals surface area contributed by atoms with Gasteiger partial charge in [0, 0.05) is 25.9 Å². The van der Waals surface area contributed by atoms with Crippen molar-refractivity contribution < 1.29 is 4.79 Å². The molecule has 100 valence electrons. The third-order valence-electron chi connectivity index (χ3n) is 3.57. The van der Waals surface area contributed by atoms with Crippen molar-refractivity contribution in [1.29, 1.82) is 0 Å². The number of nitrogens with zero attached hydrogens (tertiary/aromatic N) is 2. The van der Waals surface area contributed by atoms with Crippen LogP contribution in [0.1, 0.15) is 32.1 Å². The third kappa shape index (κ3) is 5.73. The van der Waals surface area contributed by atoms with E-state index in [1.54, 1.807) is 0 Å². The summed E-state index contributed by atoms with van der Waals surface area (Å²) in [6, 6.07) is 0. The molecule has 0 aromatic carbocycles. The highest BCUT2D eigenvalue weighted by molar-refractivity contribution is 6.17. The van der Waals surface area contributed by atoms with Crippen LogP contribution in [0.2, 0.25) is 0 Å². The van der Waals surface area contributed by atoms with Gasteiger partial charge in [0.15, 0.2) is 0 Å². The van der Waals surface area contributed by atoms with Crippen LogP contribution in [0.25, 0.3) is 0 Å². The number of hydrogen-bond acceptors (Lipinski definition) is 2. The van der Waals surface area contributed by atoms with Gasteiger partial charge in [-0.15, -0.1) is 11.6 Å². The number of halogens is 1. The average molecular weight is 261 g/mol. The number of amides is 1. The van der Waals surface area contributed by atoms with E-state index in [4.69, 9.17) is 11.6 Å². The van der Waals surface area contributed by atoms with Crippen LogP contribution in [0.5, 0.6) is 0 Å². The summed E-state index contributed by atoms with van der Waals surface area (Å²) in [5.74, 6) is 1.62. The molecule has 0 saturated carbocycles. The Morgan fingerprint density at radius 3 is 2.59 bits per heavy atom. The van der Waals surface area contributed by atoms with Gasteiger partial charge in [-0.25, -0.2) is 0 Å². The van der Waals surface area contributed by atoms with Crippen LogP contribution in [-0.4, -0.2) is 55.3 Å². The standard InChI is InChI=1S/C13H25ClN2O/c1-15-9-6-12(7-10-15)11-16(2)13(17)5-3-4-8-14/h12H,3-11H2,1-2H3. The summed E-state index contributed by atoms with van der Waals surface area (Å²) < 4.78 is 0. The smallest absolute Gasteiger partial charge is 0.222 e. The zero-order chi connectivity index (χ0) is 12.7. The summed E-state index contributed by atoms with van der Waals surface area (Å²) in [5, 5.41) is 0. The number of rotatable bonds is 6. The van der Waals surface area contributed by atoms with E-state index in [1.807, 2.05) is 11.9 Å². The summed E-state index contributed by atoms with van der Waals surface area (Å²) in [4.78, 5) is 16.1. The second-order valence-corrected chi connectivity index (χ2v) is 5.54.